The lowest BCUT2D eigenvalue weighted by atomic mass is 10.2. The fourth-order valence-electron chi connectivity index (χ4n) is 2.21. The monoisotopic (exact) mass is 318 g/mol. The van der Waals surface area contributed by atoms with Crippen molar-refractivity contribution in [2.75, 3.05) is 6.79 Å². The van der Waals surface area contributed by atoms with Crippen LogP contribution in [0.25, 0.3) is 11.0 Å². The number of fused-ring (bicyclic) bond motifs is 2. The molecule has 21 heavy (non-hydrogen) atoms. The highest BCUT2D eigenvalue weighted by atomic mass is 35.5. The van der Waals surface area contributed by atoms with Crippen LogP contribution in [0.4, 0.5) is 0 Å². The number of nitrogens with zero attached hydrogens (tertiary/aromatic N) is 1. The number of rotatable bonds is 3. The molecule has 0 spiro atoms. The summed E-state index contributed by atoms with van der Waals surface area (Å²) in [6.45, 7) is 0.302. The number of aromatic amines is 1. The van der Waals surface area contributed by atoms with Crippen molar-refractivity contribution >= 4 is 34.4 Å². The Morgan fingerprint density at radius 3 is 3.00 bits per heavy atom. The molecule has 1 aromatic heterocycles. The van der Waals surface area contributed by atoms with Crippen molar-refractivity contribution in [3.63, 3.8) is 0 Å². The van der Waals surface area contributed by atoms with Gasteiger partial charge < -0.3 is 14.5 Å². The molecule has 0 atom stereocenters. The number of benzene rings is 2. The third-order valence-electron chi connectivity index (χ3n) is 3.23. The van der Waals surface area contributed by atoms with E-state index in [0.717, 1.165) is 33.4 Å². The van der Waals surface area contributed by atoms with Crippen molar-refractivity contribution in [1.82, 2.24) is 9.97 Å². The topological polar surface area (TPSA) is 47.1 Å². The molecule has 2 aromatic carbocycles. The van der Waals surface area contributed by atoms with E-state index in [2.05, 4.69) is 9.97 Å². The molecule has 6 heteroatoms. The normalized spacial score (nSPS) is 13.0. The van der Waals surface area contributed by atoms with Crippen LogP contribution in [0.5, 0.6) is 11.5 Å². The second-order valence-corrected chi connectivity index (χ2v) is 6.08. The molecule has 3 aromatic rings. The molecule has 2 heterocycles. The molecule has 0 aliphatic carbocycles. The maximum absolute atomic E-state index is 5.97. The van der Waals surface area contributed by atoms with Crippen LogP contribution >= 0.6 is 23.4 Å². The summed E-state index contributed by atoms with van der Waals surface area (Å²) in [5.74, 6) is 2.43. The van der Waals surface area contributed by atoms with Crippen molar-refractivity contribution in [1.29, 1.82) is 0 Å². The van der Waals surface area contributed by atoms with Crippen LogP contribution in [-0.4, -0.2) is 16.8 Å². The maximum Gasteiger partial charge on any atom is 0.231 e. The molecule has 106 valence electrons. The minimum atomic E-state index is 0.302. The summed E-state index contributed by atoms with van der Waals surface area (Å²) < 4.78 is 10.7. The number of nitrogens with one attached hydrogen (secondary N) is 1. The molecule has 1 aliphatic heterocycles. The van der Waals surface area contributed by atoms with Crippen LogP contribution in [0.1, 0.15) is 5.56 Å². The summed E-state index contributed by atoms with van der Waals surface area (Å²) in [5.41, 5.74) is 3.05. The summed E-state index contributed by atoms with van der Waals surface area (Å²) in [6, 6.07) is 11.6. The van der Waals surface area contributed by atoms with Crippen LogP contribution < -0.4 is 9.47 Å². The molecule has 0 radical (unpaired) electrons. The second kappa shape index (κ2) is 5.16. The molecule has 1 N–H and O–H groups in total. The zero-order valence-electron chi connectivity index (χ0n) is 10.9. The third kappa shape index (κ3) is 2.54. The molecular formula is C15H11ClN2O2S. The van der Waals surface area contributed by atoms with Crippen molar-refractivity contribution < 1.29 is 9.47 Å². The van der Waals surface area contributed by atoms with Gasteiger partial charge in [-0.1, -0.05) is 29.4 Å². The summed E-state index contributed by atoms with van der Waals surface area (Å²) >= 11 is 7.62. The lowest BCUT2D eigenvalue weighted by Crippen LogP contribution is -1.92. The predicted octanol–water partition coefficient (Wildman–Crippen LogP) is 4.24. The van der Waals surface area contributed by atoms with Crippen molar-refractivity contribution in [3.8, 4) is 11.5 Å². The third-order valence-corrected chi connectivity index (χ3v) is 4.41. The number of imidazole rings is 1. The van der Waals surface area contributed by atoms with Crippen LogP contribution in [-0.2, 0) is 5.75 Å². The van der Waals surface area contributed by atoms with E-state index in [1.807, 2.05) is 36.4 Å². The van der Waals surface area contributed by atoms with Crippen LogP contribution in [0.2, 0.25) is 5.02 Å². The van der Waals surface area contributed by atoms with Gasteiger partial charge in [-0.05, 0) is 35.9 Å². The molecule has 0 fully saturated rings. The van der Waals surface area contributed by atoms with Crippen molar-refractivity contribution in [2.45, 2.75) is 10.9 Å². The van der Waals surface area contributed by atoms with Gasteiger partial charge in [-0.15, -0.1) is 0 Å². The van der Waals surface area contributed by atoms with E-state index in [9.17, 15) is 0 Å². The molecule has 0 saturated heterocycles. The van der Waals surface area contributed by atoms with Gasteiger partial charge >= 0.3 is 0 Å². The average Bonchev–Trinajstić information content (AvgIpc) is 3.09. The Bertz CT molecular complexity index is 819. The molecule has 0 bridgehead atoms. The van der Waals surface area contributed by atoms with E-state index < -0.39 is 0 Å². The minimum Gasteiger partial charge on any atom is -0.454 e. The van der Waals surface area contributed by atoms with Gasteiger partial charge in [0.05, 0.1) is 11.0 Å². The first-order valence-corrected chi connectivity index (χ1v) is 7.81. The SMILES string of the molecule is Clc1ccc2nc(SCc3ccc4c(c3)OCO4)[nH]c2c1. The van der Waals surface area contributed by atoms with Crippen molar-refractivity contribution in [2.24, 2.45) is 0 Å². The van der Waals surface area contributed by atoms with E-state index in [1.165, 1.54) is 5.56 Å². The number of halogens is 1. The maximum atomic E-state index is 5.97. The predicted molar refractivity (Wildman–Crippen MR) is 83.2 cm³/mol. The van der Waals surface area contributed by atoms with E-state index in [0.29, 0.717) is 11.8 Å². The number of H-pyrrole nitrogens is 1. The highest BCUT2D eigenvalue weighted by Crippen LogP contribution is 2.34. The quantitative estimate of drug-likeness (QED) is 0.734. The summed E-state index contributed by atoms with van der Waals surface area (Å²) in [4.78, 5) is 7.80. The lowest BCUT2D eigenvalue weighted by molar-refractivity contribution is 0.174. The first-order valence-electron chi connectivity index (χ1n) is 6.44. The average molecular weight is 319 g/mol. The van der Waals surface area contributed by atoms with E-state index >= 15 is 0 Å². The fourth-order valence-corrected chi connectivity index (χ4v) is 3.21. The largest absolute Gasteiger partial charge is 0.454 e. The summed E-state index contributed by atoms with van der Waals surface area (Å²) in [5, 5.41) is 1.59. The molecule has 4 rings (SSSR count). The van der Waals surface area contributed by atoms with Gasteiger partial charge in [0, 0.05) is 10.8 Å². The highest BCUT2D eigenvalue weighted by molar-refractivity contribution is 7.98. The standard InChI is InChI=1S/C15H11ClN2O2S/c16-10-2-3-11-12(6-10)18-15(17-11)21-7-9-1-4-13-14(5-9)20-8-19-13/h1-6H,7-8H2,(H,17,18). The zero-order chi connectivity index (χ0) is 14.2. The smallest absolute Gasteiger partial charge is 0.231 e. The van der Waals surface area contributed by atoms with Gasteiger partial charge in [-0.25, -0.2) is 4.98 Å². The molecule has 0 amide bonds. The van der Waals surface area contributed by atoms with Gasteiger partial charge in [-0.2, -0.15) is 0 Å². The van der Waals surface area contributed by atoms with E-state index in [4.69, 9.17) is 21.1 Å². The first-order chi connectivity index (χ1) is 10.3. The lowest BCUT2D eigenvalue weighted by Gasteiger charge is -2.01. The Hall–Kier alpha value is -1.85. The van der Waals surface area contributed by atoms with Gasteiger partial charge in [0.1, 0.15) is 0 Å². The number of thioether (sulfide) groups is 1. The van der Waals surface area contributed by atoms with Gasteiger partial charge in [0.25, 0.3) is 0 Å². The van der Waals surface area contributed by atoms with Gasteiger partial charge in [-0.3, -0.25) is 0 Å². The molecule has 0 saturated carbocycles. The Morgan fingerprint density at radius 2 is 2.05 bits per heavy atom. The van der Waals surface area contributed by atoms with E-state index in [1.54, 1.807) is 11.8 Å². The Kier molecular flexibility index (Phi) is 3.16. The first kappa shape index (κ1) is 12.9. The summed E-state index contributed by atoms with van der Waals surface area (Å²) in [6.07, 6.45) is 0. The Morgan fingerprint density at radius 1 is 1.14 bits per heavy atom. The zero-order valence-corrected chi connectivity index (χ0v) is 12.5. The molecule has 4 nitrogen and oxygen atoms in total. The molecule has 0 unspecified atom stereocenters. The number of hydrogen-bond acceptors (Lipinski definition) is 4. The van der Waals surface area contributed by atoms with Crippen LogP contribution in [0.15, 0.2) is 41.6 Å². The van der Waals surface area contributed by atoms with Crippen molar-refractivity contribution in [3.05, 3.63) is 47.0 Å². The second-order valence-electron chi connectivity index (χ2n) is 4.68. The summed E-state index contributed by atoms with van der Waals surface area (Å²) in [7, 11) is 0. The Labute approximate surface area is 130 Å². The van der Waals surface area contributed by atoms with Crippen LogP contribution in [0.3, 0.4) is 0 Å². The minimum absolute atomic E-state index is 0.302. The number of ether oxygens (including phenoxy) is 2. The fraction of sp³-hybridized carbons (Fsp3) is 0.133. The van der Waals surface area contributed by atoms with Gasteiger partial charge in [0.2, 0.25) is 6.79 Å². The highest BCUT2D eigenvalue weighted by Gasteiger charge is 2.13. The van der Waals surface area contributed by atoms with Crippen LogP contribution in [0, 0.1) is 0 Å². The Balaban J connectivity index is 1.52. The molecule has 1 aliphatic rings. The van der Waals surface area contributed by atoms with Gasteiger partial charge in [0.15, 0.2) is 16.7 Å². The molecular weight excluding hydrogens is 308 g/mol. The number of aromatic nitrogens is 2. The van der Waals surface area contributed by atoms with E-state index in [-0.39, 0.29) is 0 Å². The number of hydrogen-bond donors (Lipinski definition) is 1.